The topological polar surface area (TPSA) is 86.2 Å². The van der Waals surface area contributed by atoms with Gasteiger partial charge in [0.1, 0.15) is 0 Å². The van der Waals surface area contributed by atoms with Crippen molar-refractivity contribution in [2.45, 2.75) is 19.3 Å². The highest BCUT2D eigenvalue weighted by molar-refractivity contribution is 9.10. The van der Waals surface area contributed by atoms with Gasteiger partial charge in [-0.3, -0.25) is 13.7 Å². The lowest BCUT2D eigenvalue weighted by molar-refractivity contribution is -0.0881. The highest BCUT2D eigenvalue weighted by atomic mass is 79.9. The molecule has 1 aromatic heterocycles. The average Bonchev–Trinajstić information content (AvgIpc) is 3.20. The van der Waals surface area contributed by atoms with Crippen molar-refractivity contribution < 1.29 is 23.1 Å². The molecule has 4 aromatic rings. The average molecular weight is 574 g/mol. The predicted octanol–water partition coefficient (Wildman–Crippen LogP) is 6.54. The van der Waals surface area contributed by atoms with Gasteiger partial charge in [0, 0.05) is 10.7 Å². The Kier molecular flexibility index (Phi) is 7.97. The molecular weight excluding hydrogens is 555 g/mol. The van der Waals surface area contributed by atoms with Crippen molar-refractivity contribution >= 4 is 23.5 Å². The molecule has 0 N–H and O–H groups in total. The summed E-state index contributed by atoms with van der Waals surface area (Å²) in [5, 5.41) is 9.12. The molecule has 0 radical (unpaired) electrons. The van der Waals surface area contributed by atoms with Crippen LogP contribution in [0.1, 0.15) is 22.3 Å². The normalized spacial score (nSPS) is 11.4. The molecular formula is C25H19BrF2N3O4P. The van der Waals surface area contributed by atoms with Crippen LogP contribution in [0.15, 0.2) is 88.3 Å². The van der Waals surface area contributed by atoms with Crippen molar-refractivity contribution in [1.29, 1.82) is 5.26 Å². The number of aromatic nitrogens is 2. The minimum atomic E-state index is -4.55. The maximum Gasteiger partial charge on any atom is 0.399 e. The smallest absolute Gasteiger partial charge is 0.294 e. The first-order valence-corrected chi connectivity index (χ1v) is 13.2. The van der Waals surface area contributed by atoms with E-state index in [0.717, 1.165) is 11.1 Å². The van der Waals surface area contributed by atoms with Gasteiger partial charge in [0.05, 0.1) is 36.6 Å². The van der Waals surface area contributed by atoms with Crippen LogP contribution in [0, 0.1) is 11.3 Å². The fraction of sp³-hybridized carbons (Fsp3) is 0.120. The highest BCUT2D eigenvalue weighted by Crippen LogP contribution is 2.53. The molecule has 184 valence electrons. The van der Waals surface area contributed by atoms with Gasteiger partial charge in [-0.25, -0.2) is 4.79 Å². The lowest BCUT2D eigenvalue weighted by atomic mass is 10.1. The van der Waals surface area contributed by atoms with E-state index in [1.807, 2.05) is 30.3 Å². The Morgan fingerprint density at radius 3 is 2.25 bits per heavy atom. The molecule has 0 fully saturated rings. The summed E-state index contributed by atoms with van der Waals surface area (Å²) in [5.74, 6) is 0. The number of nitrogens with zero attached hydrogens (tertiary/aromatic N) is 3. The highest BCUT2D eigenvalue weighted by Gasteiger charge is 2.29. The van der Waals surface area contributed by atoms with Crippen molar-refractivity contribution in [1.82, 2.24) is 9.13 Å². The fourth-order valence-electron chi connectivity index (χ4n) is 3.79. The Morgan fingerprint density at radius 1 is 0.944 bits per heavy atom. The summed E-state index contributed by atoms with van der Waals surface area (Å²) in [7, 11) is -4.55. The predicted molar refractivity (Wildman–Crippen MR) is 133 cm³/mol. The van der Waals surface area contributed by atoms with E-state index in [0.29, 0.717) is 33.4 Å². The van der Waals surface area contributed by atoms with Crippen LogP contribution in [0.5, 0.6) is 0 Å². The Balaban J connectivity index is 1.71. The van der Waals surface area contributed by atoms with Gasteiger partial charge in [0.15, 0.2) is 0 Å². The number of rotatable bonds is 9. The van der Waals surface area contributed by atoms with Crippen LogP contribution in [-0.2, 0) is 33.3 Å². The fourth-order valence-corrected chi connectivity index (χ4v) is 5.39. The number of hydrogen-bond donors (Lipinski definition) is 0. The third-order valence-electron chi connectivity index (χ3n) is 5.58. The van der Waals surface area contributed by atoms with E-state index < -0.39 is 13.8 Å². The third-order valence-corrected chi connectivity index (χ3v) is 7.47. The molecule has 4 rings (SSSR count). The first kappa shape index (κ1) is 25.7. The van der Waals surface area contributed by atoms with Gasteiger partial charge in [0.2, 0.25) is 0 Å². The Hall–Kier alpha value is -3.35. The second kappa shape index (κ2) is 11.1. The van der Waals surface area contributed by atoms with Crippen molar-refractivity contribution in [3.8, 4) is 17.3 Å². The van der Waals surface area contributed by atoms with Gasteiger partial charge in [-0.1, -0.05) is 70.5 Å². The third kappa shape index (κ3) is 5.72. The number of hydrogen-bond acceptors (Lipinski definition) is 5. The minimum absolute atomic E-state index is 0.186. The first-order valence-electron chi connectivity index (χ1n) is 10.7. The molecule has 0 aliphatic heterocycles. The van der Waals surface area contributed by atoms with E-state index >= 15 is 0 Å². The molecule has 1 heterocycles. The summed E-state index contributed by atoms with van der Waals surface area (Å²) in [6, 6.07) is 23.4. The van der Waals surface area contributed by atoms with Crippen molar-refractivity contribution in [2.75, 3.05) is 0 Å². The van der Waals surface area contributed by atoms with Crippen molar-refractivity contribution in [3.63, 3.8) is 0 Å². The van der Waals surface area contributed by atoms with Crippen LogP contribution >= 0.6 is 23.5 Å². The van der Waals surface area contributed by atoms with Crippen molar-refractivity contribution in [2.24, 2.45) is 0 Å². The maximum absolute atomic E-state index is 13.4. The number of imidazole rings is 1. The molecule has 7 nitrogen and oxygen atoms in total. The molecule has 0 saturated carbocycles. The van der Waals surface area contributed by atoms with Crippen LogP contribution in [-0.4, -0.2) is 9.13 Å². The monoisotopic (exact) mass is 573 g/mol. The zero-order valence-corrected chi connectivity index (χ0v) is 21.2. The standard InChI is InChI=1S/C25H19BrF2N3O4P/c26-23-12-20(8-11-22(23)17-36(33,34-27)35-28)15-31-24(21-9-6-18(13-29)7-10-21)16-30(25(31)32)14-19-4-2-1-3-5-19/h1-12,16H,14-15,17H2. The van der Waals surface area contributed by atoms with Crippen molar-refractivity contribution in [3.05, 3.63) is 116 Å². The Labute approximate surface area is 213 Å². The summed E-state index contributed by atoms with van der Waals surface area (Å²) in [4.78, 5) is 13.4. The largest absolute Gasteiger partial charge is 0.399 e. The first-order chi connectivity index (χ1) is 17.4. The lowest BCUT2D eigenvalue weighted by Crippen LogP contribution is -2.25. The van der Waals surface area contributed by atoms with Gasteiger partial charge in [-0.15, -0.1) is 9.46 Å². The van der Waals surface area contributed by atoms with E-state index in [1.54, 1.807) is 51.7 Å². The second-order valence-electron chi connectivity index (χ2n) is 8.02. The van der Waals surface area contributed by atoms with Gasteiger partial charge in [-0.05, 0) is 49.5 Å². The summed E-state index contributed by atoms with van der Waals surface area (Å²) in [6.45, 7) is 0.562. The summed E-state index contributed by atoms with van der Waals surface area (Å²) < 4.78 is 46.8. The minimum Gasteiger partial charge on any atom is -0.294 e. The molecule has 0 bridgehead atoms. The molecule has 0 aliphatic carbocycles. The van der Waals surface area contributed by atoms with Gasteiger partial charge >= 0.3 is 13.3 Å². The van der Waals surface area contributed by atoms with Gasteiger partial charge < -0.3 is 0 Å². The van der Waals surface area contributed by atoms with Crippen LogP contribution in [0.3, 0.4) is 0 Å². The van der Waals surface area contributed by atoms with Crippen LogP contribution < -0.4 is 5.69 Å². The summed E-state index contributed by atoms with van der Waals surface area (Å²) >= 11 is 3.32. The van der Waals surface area contributed by atoms with Crippen LogP contribution in [0.25, 0.3) is 11.3 Å². The number of nitriles is 1. The molecule has 0 saturated heterocycles. The Morgan fingerprint density at radius 2 is 1.64 bits per heavy atom. The zero-order valence-electron chi connectivity index (χ0n) is 18.7. The molecule has 0 unspecified atom stereocenters. The Bertz CT molecular complexity index is 1510. The molecule has 11 heteroatoms. The summed E-state index contributed by atoms with van der Waals surface area (Å²) in [5.41, 5.74) is 3.65. The van der Waals surface area contributed by atoms with E-state index in [2.05, 4.69) is 31.5 Å². The van der Waals surface area contributed by atoms with Gasteiger partial charge in [-0.2, -0.15) is 5.26 Å². The second-order valence-corrected chi connectivity index (χ2v) is 10.7. The maximum atomic E-state index is 13.4. The van der Waals surface area contributed by atoms with E-state index in [9.17, 15) is 18.4 Å². The SMILES string of the molecule is N#Cc1ccc(-c2cn(Cc3ccccc3)c(=O)n2Cc2ccc(CP(=O)(OF)OF)c(Br)c2)cc1. The molecule has 0 amide bonds. The number of benzene rings is 3. The van der Waals surface area contributed by atoms with Crippen LogP contribution in [0.2, 0.25) is 0 Å². The summed E-state index contributed by atoms with van der Waals surface area (Å²) in [6.07, 6.45) is 1.15. The molecule has 0 atom stereocenters. The quantitative estimate of drug-likeness (QED) is 0.212. The van der Waals surface area contributed by atoms with E-state index in [4.69, 9.17) is 5.26 Å². The molecule has 3 aromatic carbocycles. The lowest BCUT2D eigenvalue weighted by Gasteiger charge is -2.12. The molecule has 0 spiro atoms. The van der Waals surface area contributed by atoms with E-state index in [-0.39, 0.29) is 12.2 Å². The zero-order chi connectivity index (χ0) is 25.7. The van der Waals surface area contributed by atoms with E-state index in [1.165, 1.54) is 6.07 Å². The molecule has 36 heavy (non-hydrogen) atoms. The van der Waals surface area contributed by atoms with Gasteiger partial charge in [0.25, 0.3) is 0 Å². The van der Waals surface area contributed by atoms with Crippen LogP contribution in [0.4, 0.5) is 9.05 Å². The number of halogens is 3. The molecule has 0 aliphatic rings.